The van der Waals surface area contributed by atoms with Crippen LogP contribution in [0, 0.1) is 11.2 Å². The van der Waals surface area contributed by atoms with E-state index in [1.807, 2.05) is 0 Å². The van der Waals surface area contributed by atoms with E-state index in [4.69, 9.17) is 5.41 Å². The first-order valence-electron chi connectivity index (χ1n) is 9.49. The van der Waals surface area contributed by atoms with Crippen LogP contribution < -0.4 is 0 Å². The zero-order valence-electron chi connectivity index (χ0n) is 15.9. The van der Waals surface area contributed by atoms with E-state index < -0.39 is 5.91 Å². The van der Waals surface area contributed by atoms with Crippen LogP contribution in [0.1, 0.15) is 38.3 Å². The number of amides is 1. The molecule has 1 N–H and O–H groups in total. The van der Waals surface area contributed by atoms with Gasteiger partial charge in [0.05, 0.1) is 5.57 Å². The molecule has 0 spiro atoms. The molecular formula is C21H20FN5OS. The SMILES string of the molecule is CCCCCC1=NN2C(=N)/C(=C/c3cccn3-c3cccc(F)c3)C(=O)N=C2S1. The normalized spacial score (nSPS) is 17.6. The molecule has 2 aromatic rings. The number of unbranched alkanes of at least 4 members (excludes halogenated alkanes) is 2. The molecule has 0 bridgehead atoms. The fourth-order valence-electron chi connectivity index (χ4n) is 3.18. The summed E-state index contributed by atoms with van der Waals surface area (Å²) in [6.07, 6.45) is 7.46. The van der Waals surface area contributed by atoms with Crippen LogP contribution in [0.25, 0.3) is 11.8 Å². The van der Waals surface area contributed by atoms with Gasteiger partial charge in [0, 0.05) is 17.6 Å². The number of hydrogen-bond donors (Lipinski definition) is 1. The number of thioether (sulfide) groups is 1. The Labute approximate surface area is 172 Å². The number of carbonyl (C=O) groups is 1. The lowest BCUT2D eigenvalue weighted by atomic mass is 10.1. The van der Waals surface area contributed by atoms with Gasteiger partial charge in [-0.25, -0.2) is 4.39 Å². The van der Waals surface area contributed by atoms with E-state index >= 15 is 0 Å². The molecule has 0 atom stereocenters. The third kappa shape index (κ3) is 3.93. The zero-order chi connectivity index (χ0) is 20.4. The summed E-state index contributed by atoms with van der Waals surface area (Å²) in [6, 6.07) is 9.80. The Balaban J connectivity index is 1.63. The zero-order valence-corrected chi connectivity index (χ0v) is 16.7. The highest BCUT2D eigenvalue weighted by atomic mass is 32.2. The summed E-state index contributed by atoms with van der Waals surface area (Å²) in [5.74, 6) is -0.805. The highest BCUT2D eigenvalue weighted by Crippen LogP contribution is 2.30. The Hall–Kier alpha value is -3.00. The molecule has 0 radical (unpaired) electrons. The Kier molecular flexibility index (Phi) is 5.44. The number of benzene rings is 1. The number of nitrogens with zero attached hydrogens (tertiary/aromatic N) is 4. The number of hydrogen-bond acceptors (Lipinski definition) is 4. The standard InChI is InChI=1S/C21H20FN5OS/c1-2-3-4-10-18-25-27-19(23)17(20(28)24-21(27)29-18)13-16-9-6-11-26(16)15-8-5-7-14(22)12-15/h5-9,11-13,23H,2-4,10H2,1H3/b17-13-,23-19?. The molecule has 0 aliphatic carbocycles. The third-order valence-corrected chi connectivity index (χ3v) is 5.62. The number of aliphatic imine (C=N–C) groups is 1. The number of nitrogens with one attached hydrogen (secondary N) is 1. The Bertz CT molecular complexity index is 1070. The second kappa shape index (κ2) is 8.16. The highest BCUT2D eigenvalue weighted by Gasteiger charge is 2.35. The summed E-state index contributed by atoms with van der Waals surface area (Å²) in [4.78, 5) is 16.7. The largest absolute Gasteiger partial charge is 0.317 e. The number of halogens is 1. The Morgan fingerprint density at radius 2 is 2.10 bits per heavy atom. The van der Waals surface area contributed by atoms with Crippen molar-refractivity contribution in [2.75, 3.05) is 0 Å². The maximum absolute atomic E-state index is 13.6. The van der Waals surface area contributed by atoms with Crippen LogP contribution in [0.4, 0.5) is 4.39 Å². The molecule has 1 amide bonds. The second-order valence-electron chi connectivity index (χ2n) is 6.75. The Morgan fingerprint density at radius 1 is 1.24 bits per heavy atom. The van der Waals surface area contributed by atoms with E-state index in [1.54, 1.807) is 41.1 Å². The lowest BCUT2D eigenvalue weighted by Crippen LogP contribution is -2.35. The van der Waals surface area contributed by atoms with Crippen LogP contribution in [-0.4, -0.2) is 31.5 Å². The third-order valence-electron chi connectivity index (χ3n) is 4.65. The molecule has 2 aliphatic heterocycles. The average molecular weight is 409 g/mol. The smallest absolute Gasteiger partial charge is 0.283 e. The van der Waals surface area contributed by atoms with Gasteiger partial charge in [0.1, 0.15) is 10.9 Å². The van der Waals surface area contributed by atoms with Gasteiger partial charge in [-0.05, 0) is 61.0 Å². The number of aromatic nitrogens is 1. The molecule has 0 saturated carbocycles. The number of hydrazone groups is 1. The van der Waals surface area contributed by atoms with Crippen molar-refractivity contribution < 1.29 is 9.18 Å². The predicted octanol–water partition coefficient (Wildman–Crippen LogP) is 4.82. The van der Waals surface area contributed by atoms with E-state index in [1.165, 1.54) is 28.9 Å². The van der Waals surface area contributed by atoms with Gasteiger partial charge in [-0.2, -0.15) is 15.1 Å². The fourth-order valence-corrected chi connectivity index (χ4v) is 4.11. The summed E-state index contributed by atoms with van der Waals surface area (Å²) in [7, 11) is 0. The van der Waals surface area contributed by atoms with Gasteiger partial charge in [0.2, 0.25) is 5.17 Å². The predicted molar refractivity (Wildman–Crippen MR) is 115 cm³/mol. The molecule has 1 aromatic heterocycles. The quantitative estimate of drug-likeness (QED) is 0.549. The van der Waals surface area contributed by atoms with Crippen LogP contribution in [0.2, 0.25) is 0 Å². The molecule has 3 heterocycles. The van der Waals surface area contributed by atoms with Gasteiger partial charge in [0.25, 0.3) is 5.91 Å². The van der Waals surface area contributed by atoms with Crippen molar-refractivity contribution in [3.63, 3.8) is 0 Å². The van der Waals surface area contributed by atoms with Crippen molar-refractivity contribution in [2.45, 2.75) is 32.6 Å². The van der Waals surface area contributed by atoms with Gasteiger partial charge in [-0.3, -0.25) is 10.2 Å². The first kappa shape index (κ1) is 19.3. The molecule has 4 rings (SSSR count). The molecule has 1 aromatic carbocycles. The number of amidine groups is 2. The van der Waals surface area contributed by atoms with Gasteiger partial charge >= 0.3 is 0 Å². The number of rotatable bonds is 6. The van der Waals surface area contributed by atoms with Crippen molar-refractivity contribution in [2.24, 2.45) is 10.1 Å². The van der Waals surface area contributed by atoms with Gasteiger partial charge in [0.15, 0.2) is 5.84 Å². The van der Waals surface area contributed by atoms with E-state index in [2.05, 4.69) is 17.0 Å². The summed E-state index contributed by atoms with van der Waals surface area (Å²) in [6.45, 7) is 2.14. The molecule has 148 valence electrons. The summed E-state index contributed by atoms with van der Waals surface area (Å²) in [5, 5.41) is 15.7. The summed E-state index contributed by atoms with van der Waals surface area (Å²) in [5.41, 5.74) is 1.44. The van der Waals surface area contributed by atoms with Crippen molar-refractivity contribution in [3.8, 4) is 5.69 Å². The molecule has 2 aliphatic rings. The monoisotopic (exact) mass is 409 g/mol. The van der Waals surface area contributed by atoms with Crippen molar-refractivity contribution in [1.29, 1.82) is 5.41 Å². The van der Waals surface area contributed by atoms with Crippen LogP contribution in [-0.2, 0) is 4.79 Å². The second-order valence-corrected chi connectivity index (χ2v) is 7.79. The van der Waals surface area contributed by atoms with E-state index in [0.717, 1.165) is 30.7 Å². The van der Waals surface area contributed by atoms with Crippen molar-refractivity contribution in [1.82, 2.24) is 9.58 Å². The summed E-state index contributed by atoms with van der Waals surface area (Å²) < 4.78 is 15.4. The first-order valence-corrected chi connectivity index (χ1v) is 10.3. The average Bonchev–Trinajstić information content (AvgIpc) is 3.32. The molecule has 6 nitrogen and oxygen atoms in total. The van der Waals surface area contributed by atoms with E-state index in [0.29, 0.717) is 16.5 Å². The topological polar surface area (TPSA) is 73.8 Å². The van der Waals surface area contributed by atoms with Gasteiger partial charge in [-0.15, -0.1) is 0 Å². The van der Waals surface area contributed by atoms with Gasteiger partial charge < -0.3 is 4.57 Å². The van der Waals surface area contributed by atoms with Crippen LogP contribution in [0.15, 0.2) is 58.3 Å². The maximum Gasteiger partial charge on any atom is 0.283 e. The lowest BCUT2D eigenvalue weighted by Gasteiger charge is -2.20. The van der Waals surface area contributed by atoms with E-state index in [9.17, 15) is 9.18 Å². The molecule has 8 heteroatoms. The first-order chi connectivity index (χ1) is 14.1. The minimum absolute atomic E-state index is 0.00461. The van der Waals surface area contributed by atoms with E-state index in [-0.39, 0.29) is 17.2 Å². The number of carbonyl (C=O) groups excluding carboxylic acids is 1. The van der Waals surface area contributed by atoms with Gasteiger partial charge in [-0.1, -0.05) is 25.8 Å². The maximum atomic E-state index is 13.6. The molecule has 0 saturated heterocycles. The van der Waals surface area contributed by atoms with Crippen LogP contribution in [0.3, 0.4) is 0 Å². The van der Waals surface area contributed by atoms with Crippen LogP contribution >= 0.6 is 11.8 Å². The summed E-state index contributed by atoms with van der Waals surface area (Å²) >= 11 is 1.35. The molecular weight excluding hydrogens is 389 g/mol. The molecule has 0 fully saturated rings. The van der Waals surface area contributed by atoms with Crippen LogP contribution in [0.5, 0.6) is 0 Å². The number of fused-ring (bicyclic) bond motifs is 1. The fraction of sp³-hybridized carbons (Fsp3) is 0.238. The lowest BCUT2D eigenvalue weighted by molar-refractivity contribution is -0.114. The highest BCUT2D eigenvalue weighted by molar-refractivity contribution is 8.26. The minimum Gasteiger partial charge on any atom is -0.317 e. The molecule has 0 unspecified atom stereocenters. The molecule has 29 heavy (non-hydrogen) atoms. The van der Waals surface area contributed by atoms with Crippen molar-refractivity contribution in [3.05, 3.63) is 59.7 Å². The Morgan fingerprint density at radius 3 is 2.90 bits per heavy atom. The van der Waals surface area contributed by atoms with Crippen molar-refractivity contribution >= 4 is 39.8 Å². The minimum atomic E-state index is -0.467.